The van der Waals surface area contributed by atoms with Crippen LogP contribution in [-0.4, -0.2) is 79.0 Å². The lowest BCUT2D eigenvalue weighted by Crippen LogP contribution is -2.54. The third-order valence-electron chi connectivity index (χ3n) is 6.39. The zero-order chi connectivity index (χ0) is 21.8. The summed E-state index contributed by atoms with van der Waals surface area (Å²) in [5.74, 6) is -0.162. The van der Waals surface area contributed by atoms with Crippen molar-refractivity contribution in [2.24, 2.45) is 5.41 Å². The van der Waals surface area contributed by atoms with Crippen LogP contribution in [-0.2, 0) is 9.53 Å². The van der Waals surface area contributed by atoms with Gasteiger partial charge in [-0.25, -0.2) is 4.39 Å². The van der Waals surface area contributed by atoms with Crippen LogP contribution in [0.5, 0.6) is 5.75 Å². The molecule has 1 aromatic carbocycles. The minimum absolute atomic E-state index is 0.0120. The molecular weight excluding hydrogens is 387 g/mol. The Morgan fingerprint density at radius 1 is 1.23 bits per heavy atom. The smallest absolute Gasteiger partial charge is 0.248 e. The van der Waals surface area contributed by atoms with Gasteiger partial charge in [-0.1, -0.05) is 19.9 Å². The molecule has 0 unspecified atom stereocenters. The number of nitrogens with zero attached hydrogens (tertiary/aromatic N) is 2. The number of amides is 1. The van der Waals surface area contributed by atoms with E-state index in [0.29, 0.717) is 36.8 Å². The molecular formula is C23H35FN2O4. The molecule has 0 bridgehead atoms. The number of benzene rings is 1. The molecule has 3 rings (SSSR count). The highest BCUT2D eigenvalue weighted by Crippen LogP contribution is 2.37. The first-order valence-electron chi connectivity index (χ1n) is 10.8. The van der Waals surface area contributed by atoms with Crippen LogP contribution in [0.1, 0.15) is 39.5 Å². The highest BCUT2D eigenvalue weighted by molar-refractivity contribution is 5.77. The number of rotatable bonds is 6. The maximum atomic E-state index is 13.5. The molecule has 1 amide bonds. The van der Waals surface area contributed by atoms with Crippen molar-refractivity contribution in [3.63, 3.8) is 0 Å². The number of hydrogen-bond acceptors (Lipinski definition) is 5. The molecule has 0 aromatic heterocycles. The first-order valence-corrected chi connectivity index (χ1v) is 10.8. The van der Waals surface area contributed by atoms with Gasteiger partial charge in [-0.3, -0.25) is 9.69 Å². The number of β-amino-alcohol motifs (C(OH)–C–C–N with tert-alkyl or cyclic N) is 1. The molecule has 30 heavy (non-hydrogen) atoms. The van der Waals surface area contributed by atoms with Gasteiger partial charge in [0.1, 0.15) is 30.4 Å². The van der Waals surface area contributed by atoms with E-state index < -0.39 is 5.60 Å². The van der Waals surface area contributed by atoms with E-state index in [1.165, 1.54) is 19.2 Å². The first kappa shape index (κ1) is 23.0. The fraction of sp³-hybridized carbons (Fsp3) is 0.696. The van der Waals surface area contributed by atoms with Crippen LogP contribution in [0.4, 0.5) is 4.39 Å². The Morgan fingerprint density at radius 2 is 1.97 bits per heavy atom. The predicted octanol–water partition coefficient (Wildman–Crippen LogP) is 2.69. The molecule has 0 radical (unpaired) electrons. The normalized spacial score (nSPS) is 25.7. The Kier molecular flexibility index (Phi) is 7.37. The van der Waals surface area contributed by atoms with Gasteiger partial charge < -0.3 is 19.5 Å². The average molecular weight is 423 g/mol. The minimum Gasteiger partial charge on any atom is -0.490 e. The maximum absolute atomic E-state index is 13.5. The van der Waals surface area contributed by atoms with Gasteiger partial charge in [0.15, 0.2) is 0 Å². The summed E-state index contributed by atoms with van der Waals surface area (Å²) in [6, 6.07) is 6.28. The molecule has 1 aliphatic carbocycles. The van der Waals surface area contributed by atoms with Gasteiger partial charge in [-0.15, -0.1) is 0 Å². The van der Waals surface area contributed by atoms with Gasteiger partial charge in [0.25, 0.3) is 0 Å². The van der Waals surface area contributed by atoms with E-state index in [4.69, 9.17) is 9.47 Å². The monoisotopic (exact) mass is 422 g/mol. The summed E-state index contributed by atoms with van der Waals surface area (Å²) in [5.41, 5.74) is -0.890. The zero-order valence-electron chi connectivity index (χ0n) is 18.4. The van der Waals surface area contributed by atoms with Crippen molar-refractivity contribution in [3.8, 4) is 5.75 Å². The predicted molar refractivity (Wildman–Crippen MR) is 113 cm³/mol. The largest absolute Gasteiger partial charge is 0.490 e. The standard InChI is InChI=1S/C23H35FN2O4/c1-22(2)9-7-19(8-10-22)25-11-12-26(21(27)14-29-3)16-23(28,15-25)17-30-20-6-4-5-18(24)13-20/h4-6,13,19,28H,7-12,14-17H2,1-3H3/t23-/m0/s1. The Morgan fingerprint density at radius 3 is 2.63 bits per heavy atom. The second-order valence-electron chi connectivity index (χ2n) is 9.58. The van der Waals surface area contributed by atoms with Crippen molar-refractivity contribution < 1.29 is 23.8 Å². The van der Waals surface area contributed by atoms with Crippen LogP contribution >= 0.6 is 0 Å². The number of halogens is 1. The summed E-state index contributed by atoms with van der Waals surface area (Å²) in [5, 5.41) is 11.5. The molecule has 2 aliphatic rings. The first-order chi connectivity index (χ1) is 14.2. The summed E-state index contributed by atoms with van der Waals surface area (Å²) in [7, 11) is 1.49. The number of hydrogen-bond donors (Lipinski definition) is 1. The third kappa shape index (κ3) is 6.15. The van der Waals surface area contributed by atoms with Gasteiger partial charge in [-0.2, -0.15) is 0 Å². The summed E-state index contributed by atoms with van der Waals surface area (Å²) < 4.78 is 24.3. The van der Waals surface area contributed by atoms with Crippen molar-refractivity contribution in [1.82, 2.24) is 9.80 Å². The summed E-state index contributed by atoms with van der Waals surface area (Å²) in [4.78, 5) is 16.5. The molecule has 168 valence electrons. The van der Waals surface area contributed by atoms with Crippen LogP contribution in [0.3, 0.4) is 0 Å². The van der Waals surface area contributed by atoms with Crippen molar-refractivity contribution in [2.75, 3.05) is 46.5 Å². The molecule has 1 atom stereocenters. The van der Waals surface area contributed by atoms with Crippen LogP contribution in [0, 0.1) is 11.2 Å². The van der Waals surface area contributed by atoms with E-state index in [-0.39, 0.29) is 31.5 Å². The number of carbonyl (C=O) groups excluding carboxylic acids is 1. The summed E-state index contributed by atoms with van der Waals surface area (Å²) >= 11 is 0. The van der Waals surface area contributed by atoms with Crippen LogP contribution < -0.4 is 4.74 Å². The fourth-order valence-corrected chi connectivity index (χ4v) is 4.54. The van der Waals surface area contributed by atoms with E-state index in [2.05, 4.69) is 18.7 Å². The molecule has 1 saturated carbocycles. The van der Waals surface area contributed by atoms with Gasteiger partial charge in [0, 0.05) is 38.9 Å². The van der Waals surface area contributed by atoms with Gasteiger partial charge in [0.2, 0.25) is 5.91 Å². The Balaban J connectivity index is 1.73. The van der Waals surface area contributed by atoms with Crippen molar-refractivity contribution in [1.29, 1.82) is 0 Å². The highest BCUT2D eigenvalue weighted by atomic mass is 19.1. The highest BCUT2D eigenvalue weighted by Gasteiger charge is 2.40. The molecule has 0 spiro atoms. The van der Waals surface area contributed by atoms with Crippen molar-refractivity contribution in [3.05, 3.63) is 30.1 Å². The lowest BCUT2D eigenvalue weighted by atomic mass is 9.75. The molecule has 1 heterocycles. The van der Waals surface area contributed by atoms with E-state index >= 15 is 0 Å². The lowest BCUT2D eigenvalue weighted by molar-refractivity contribution is -0.138. The Labute approximate surface area is 178 Å². The summed E-state index contributed by atoms with van der Waals surface area (Å²) in [6.45, 7) is 6.43. The van der Waals surface area contributed by atoms with Crippen LogP contribution in [0.2, 0.25) is 0 Å². The van der Waals surface area contributed by atoms with Crippen LogP contribution in [0.15, 0.2) is 24.3 Å². The van der Waals surface area contributed by atoms with Gasteiger partial charge >= 0.3 is 0 Å². The number of ether oxygens (including phenoxy) is 2. The average Bonchev–Trinajstić information content (AvgIpc) is 2.86. The van der Waals surface area contributed by atoms with E-state index in [9.17, 15) is 14.3 Å². The lowest BCUT2D eigenvalue weighted by Gasteiger charge is -2.41. The second-order valence-corrected chi connectivity index (χ2v) is 9.58. The van der Waals surface area contributed by atoms with Gasteiger partial charge in [-0.05, 0) is 43.2 Å². The number of carbonyl (C=O) groups is 1. The molecule has 1 saturated heterocycles. The summed E-state index contributed by atoms with van der Waals surface area (Å²) in [6.07, 6.45) is 4.47. The second kappa shape index (κ2) is 9.62. The Bertz CT molecular complexity index is 719. The quantitative estimate of drug-likeness (QED) is 0.764. The van der Waals surface area contributed by atoms with E-state index in [1.807, 2.05) is 0 Å². The topological polar surface area (TPSA) is 62.2 Å². The molecule has 1 aromatic rings. The van der Waals surface area contributed by atoms with E-state index in [1.54, 1.807) is 17.0 Å². The molecule has 1 aliphatic heterocycles. The molecule has 1 N–H and O–H groups in total. The molecule has 7 heteroatoms. The maximum Gasteiger partial charge on any atom is 0.248 e. The number of methoxy groups -OCH3 is 1. The third-order valence-corrected chi connectivity index (χ3v) is 6.39. The number of aliphatic hydroxyl groups is 1. The molecule has 6 nitrogen and oxygen atoms in total. The van der Waals surface area contributed by atoms with Crippen LogP contribution in [0.25, 0.3) is 0 Å². The molecule has 2 fully saturated rings. The van der Waals surface area contributed by atoms with Crippen molar-refractivity contribution in [2.45, 2.75) is 51.2 Å². The van der Waals surface area contributed by atoms with Crippen molar-refractivity contribution >= 4 is 5.91 Å². The Hall–Kier alpha value is -1.70. The van der Waals surface area contributed by atoms with E-state index in [0.717, 1.165) is 25.7 Å². The fourth-order valence-electron chi connectivity index (χ4n) is 4.54. The SMILES string of the molecule is COCC(=O)N1CCN(C2CCC(C)(C)CC2)C[C@@](O)(COc2cccc(F)c2)C1. The zero-order valence-corrected chi connectivity index (χ0v) is 18.4. The minimum atomic E-state index is -1.25. The van der Waals surface area contributed by atoms with Gasteiger partial charge in [0.05, 0.1) is 6.54 Å².